The third kappa shape index (κ3) is 28.4. The van der Waals surface area contributed by atoms with E-state index in [0.717, 1.165) is 5.75 Å². The SMILES string of the molecule is CCCCCCCCCCCCCCCCCCCCCCCCCCCCCS. The molecule has 182 valence electrons. The monoisotopic (exact) mass is 440 g/mol. The van der Waals surface area contributed by atoms with Gasteiger partial charge < -0.3 is 0 Å². The van der Waals surface area contributed by atoms with Gasteiger partial charge in [-0.25, -0.2) is 0 Å². The molecule has 30 heavy (non-hydrogen) atoms. The van der Waals surface area contributed by atoms with Crippen LogP contribution in [-0.2, 0) is 0 Å². The molecule has 0 aromatic heterocycles. The second-order valence-electron chi connectivity index (χ2n) is 9.92. The molecule has 0 fully saturated rings. The van der Waals surface area contributed by atoms with Gasteiger partial charge in [-0.3, -0.25) is 0 Å². The average molecular weight is 441 g/mol. The van der Waals surface area contributed by atoms with Crippen molar-refractivity contribution in [2.75, 3.05) is 5.75 Å². The maximum Gasteiger partial charge on any atom is -0.00979 e. The van der Waals surface area contributed by atoms with Crippen LogP contribution in [0.15, 0.2) is 0 Å². The Labute approximate surface area is 198 Å². The van der Waals surface area contributed by atoms with E-state index in [-0.39, 0.29) is 0 Å². The van der Waals surface area contributed by atoms with E-state index < -0.39 is 0 Å². The highest BCUT2D eigenvalue weighted by atomic mass is 32.1. The predicted octanol–water partition coefficient (Wildman–Crippen LogP) is 11.5. The fourth-order valence-electron chi connectivity index (χ4n) is 4.60. The first kappa shape index (κ1) is 30.4. The fourth-order valence-corrected chi connectivity index (χ4v) is 4.83. The molecule has 0 atom stereocenters. The van der Waals surface area contributed by atoms with Gasteiger partial charge in [0, 0.05) is 0 Å². The van der Waals surface area contributed by atoms with Gasteiger partial charge in [-0.2, -0.15) is 12.6 Å². The van der Waals surface area contributed by atoms with Crippen molar-refractivity contribution < 1.29 is 0 Å². The quantitative estimate of drug-likeness (QED) is 0.0952. The first-order chi connectivity index (χ1) is 14.9. The lowest BCUT2D eigenvalue weighted by atomic mass is 10.0. The van der Waals surface area contributed by atoms with Crippen molar-refractivity contribution in [3.63, 3.8) is 0 Å². The van der Waals surface area contributed by atoms with Crippen molar-refractivity contribution in [1.82, 2.24) is 0 Å². The summed E-state index contributed by atoms with van der Waals surface area (Å²) in [5.74, 6) is 1.07. The second-order valence-corrected chi connectivity index (χ2v) is 10.4. The molecule has 0 saturated carbocycles. The Balaban J connectivity index is 2.97. The first-order valence-electron chi connectivity index (χ1n) is 14.5. The summed E-state index contributed by atoms with van der Waals surface area (Å²) in [4.78, 5) is 0. The van der Waals surface area contributed by atoms with Crippen LogP contribution in [0.25, 0.3) is 0 Å². The van der Waals surface area contributed by atoms with Gasteiger partial charge in [0.2, 0.25) is 0 Å². The lowest BCUT2D eigenvalue weighted by molar-refractivity contribution is 0.515. The van der Waals surface area contributed by atoms with Gasteiger partial charge in [-0.1, -0.05) is 174 Å². The second kappa shape index (κ2) is 29.4. The van der Waals surface area contributed by atoms with E-state index in [9.17, 15) is 0 Å². The van der Waals surface area contributed by atoms with E-state index in [0.29, 0.717) is 0 Å². The molecule has 0 bridgehead atoms. The summed E-state index contributed by atoms with van der Waals surface area (Å²) in [6.45, 7) is 2.30. The predicted molar refractivity (Wildman–Crippen MR) is 144 cm³/mol. The minimum Gasteiger partial charge on any atom is -0.179 e. The Hall–Kier alpha value is 0.350. The summed E-state index contributed by atoms with van der Waals surface area (Å²) in [7, 11) is 0. The number of hydrogen-bond donors (Lipinski definition) is 1. The van der Waals surface area contributed by atoms with E-state index >= 15 is 0 Å². The zero-order valence-corrected chi connectivity index (χ0v) is 22.1. The van der Waals surface area contributed by atoms with Crippen LogP contribution in [0.3, 0.4) is 0 Å². The first-order valence-corrected chi connectivity index (χ1v) is 15.2. The molecular formula is C29H60S. The fraction of sp³-hybridized carbons (Fsp3) is 1.00. The zero-order chi connectivity index (χ0) is 21.8. The molecule has 1 heteroatoms. The number of rotatable bonds is 27. The molecule has 0 aliphatic rings. The van der Waals surface area contributed by atoms with Crippen molar-refractivity contribution in [3.8, 4) is 0 Å². The minimum absolute atomic E-state index is 1.07. The molecule has 0 nitrogen and oxygen atoms in total. The van der Waals surface area contributed by atoms with Crippen molar-refractivity contribution in [2.45, 2.75) is 180 Å². The molecule has 0 spiro atoms. The molecule has 0 rings (SSSR count). The van der Waals surface area contributed by atoms with Crippen LogP contribution in [0.1, 0.15) is 180 Å². The van der Waals surface area contributed by atoms with E-state index in [1.165, 1.54) is 173 Å². The highest BCUT2D eigenvalue weighted by Gasteiger charge is 1.96. The third-order valence-electron chi connectivity index (χ3n) is 6.76. The van der Waals surface area contributed by atoms with Gasteiger partial charge in [0.15, 0.2) is 0 Å². The van der Waals surface area contributed by atoms with Gasteiger partial charge in [0.05, 0.1) is 0 Å². The van der Waals surface area contributed by atoms with Crippen LogP contribution in [-0.4, -0.2) is 5.75 Å². The van der Waals surface area contributed by atoms with Gasteiger partial charge in [0.25, 0.3) is 0 Å². The van der Waals surface area contributed by atoms with Crippen LogP contribution in [0, 0.1) is 0 Å². The lowest BCUT2D eigenvalue weighted by Crippen LogP contribution is -1.85. The summed E-state index contributed by atoms with van der Waals surface area (Å²) >= 11 is 4.28. The molecule has 0 N–H and O–H groups in total. The maximum absolute atomic E-state index is 4.28. The standard InChI is InChI=1S/C29H60S/c1-2-3-4-5-6-7-8-9-10-11-12-13-14-15-16-17-18-19-20-21-22-23-24-25-26-27-28-29-30/h30H,2-29H2,1H3. The Kier molecular flexibility index (Phi) is 29.7. The number of unbranched alkanes of at least 4 members (excludes halogenated alkanes) is 26. The molecule has 0 aliphatic heterocycles. The van der Waals surface area contributed by atoms with E-state index in [1.807, 2.05) is 0 Å². The van der Waals surface area contributed by atoms with Gasteiger partial charge in [-0.15, -0.1) is 0 Å². The highest BCUT2D eigenvalue weighted by molar-refractivity contribution is 7.80. The van der Waals surface area contributed by atoms with E-state index in [2.05, 4.69) is 19.6 Å². The van der Waals surface area contributed by atoms with Crippen molar-refractivity contribution in [2.24, 2.45) is 0 Å². The number of thiol groups is 1. The topological polar surface area (TPSA) is 0 Å². The molecule has 0 heterocycles. The summed E-state index contributed by atoms with van der Waals surface area (Å²) in [5, 5.41) is 0. The van der Waals surface area contributed by atoms with Crippen molar-refractivity contribution >= 4 is 12.6 Å². The van der Waals surface area contributed by atoms with Crippen molar-refractivity contribution in [3.05, 3.63) is 0 Å². The molecule has 0 aromatic rings. The largest absolute Gasteiger partial charge is 0.179 e. The summed E-state index contributed by atoms with van der Waals surface area (Å²) in [5.41, 5.74) is 0. The zero-order valence-electron chi connectivity index (χ0n) is 21.2. The Morgan fingerprint density at radius 3 is 0.600 bits per heavy atom. The molecule has 0 aliphatic carbocycles. The van der Waals surface area contributed by atoms with Crippen LogP contribution < -0.4 is 0 Å². The molecular weight excluding hydrogens is 380 g/mol. The van der Waals surface area contributed by atoms with E-state index in [1.54, 1.807) is 0 Å². The summed E-state index contributed by atoms with van der Waals surface area (Å²) in [6, 6.07) is 0. The summed E-state index contributed by atoms with van der Waals surface area (Å²) < 4.78 is 0. The van der Waals surface area contributed by atoms with Gasteiger partial charge in [0.1, 0.15) is 0 Å². The van der Waals surface area contributed by atoms with Crippen LogP contribution in [0.4, 0.5) is 0 Å². The minimum atomic E-state index is 1.07. The molecule has 0 aromatic carbocycles. The van der Waals surface area contributed by atoms with Crippen LogP contribution in [0.2, 0.25) is 0 Å². The van der Waals surface area contributed by atoms with Gasteiger partial charge in [-0.05, 0) is 12.2 Å². The Morgan fingerprint density at radius 2 is 0.433 bits per heavy atom. The Morgan fingerprint density at radius 1 is 0.267 bits per heavy atom. The maximum atomic E-state index is 4.28. The third-order valence-corrected chi connectivity index (χ3v) is 7.08. The smallest absolute Gasteiger partial charge is 0.00979 e. The molecule has 0 radical (unpaired) electrons. The van der Waals surface area contributed by atoms with E-state index in [4.69, 9.17) is 0 Å². The summed E-state index contributed by atoms with van der Waals surface area (Å²) in [6.07, 6.45) is 39.6. The van der Waals surface area contributed by atoms with Crippen LogP contribution in [0.5, 0.6) is 0 Å². The van der Waals surface area contributed by atoms with Gasteiger partial charge >= 0.3 is 0 Å². The normalized spacial score (nSPS) is 11.4. The van der Waals surface area contributed by atoms with Crippen LogP contribution >= 0.6 is 12.6 Å². The average Bonchev–Trinajstić information content (AvgIpc) is 2.76. The molecule has 0 saturated heterocycles. The molecule has 0 amide bonds. The highest BCUT2D eigenvalue weighted by Crippen LogP contribution is 2.16. The number of hydrogen-bond acceptors (Lipinski definition) is 1. The lowest BCUT2D eigenvalue weighted by Gasteiger charge is -2.04. The molecule has 0 unspecified atom stereocenters. The van der Waals surface area contributed by atoms with Crippen molar-refractivity contribution in [1.29, 1.82) is 0 Å². The Bertz CT molecular complexity index is 248.